The van der Waals surface area contributed by atoms with Gasteiger partial charge in [0.1, 0.15) is 5.82 Å². The lowest BCUT2D eigenvalue weighted by Gasteiger charge is -2.07. The van der Waals surface area contributed by atoms with Crippen LogP contribution in [0.2, 0.25) is 0 Å². The number of aromatic nitrogens is 3. The molecule has 0 unspecified atom stereocenters. The standard InChI is InChI=1S/C15H16N4S/c16-13(7-6-11-4-2-1-3-5-11)15-17-14(18-19-15)12-8-9-20-10-12/h1-5,8-10,13H,6-7,16H2,(H,17,18,19)/t13-/m1/s1. The molecular formula is C15H16N4S. The number of thiophene rings is 1. The summed E-state index contributed by atoms with van der Waals surface area (Å²) in [6, 6.07) is 12.2. The molecule has 0 saturated carbocycles. The molecule has 0 aliphatic carbocycles. The van der Waals surface area contributed by atoms with E-state index in [4.69, 9.17) is 5.73 Å². The van der Waals surface area contributed by atoms with Crippen LogP contribution in [0.3, 0.4) is 0 Å². The van der Waals surface area contributed by atoms with Crippen LogP contribution in [0.5, 0.6) is 0 Å². The van der Waals surface area contributed by atoms with Gasteiger partial charge in [0.05, 0.1) is 6.04 Å². The van der Waals surface area contributed by atoms with Gasteiger partial charge in [-0.3, -0.25) is 5.10 Å². The summed E-state index contributed by atoms with van der Waals surface area (Å²) < 4.78 is 0. The number of benzene rings is 1. The number of rotatable bonds is 5. The van der Waals surface area contributed by atoms with Crippen molar-refractivity contribution in [2.24, 2.45) is 5.73 Å². The molecule has 2 aromatic heterocycles. The Labute approximate surface area is 121 Å². The minimum absolute atomic E-state index is 0.116. The second kappa shape index (κ2) is 5.98. The molecule has 2 heterocycles. The van der Waals surface area contributed by atoms with Crippen molar-refractivity contribution in [2.75, 3.05) is 0 Å². The largest absolute Gasteiger partial charge is 0.321 e. The minimum Gasteiger partial charge on any atom is -0.321 e. The molecule has 0 bridgehead atoms. The van der Waals surface area contributed by atoms with Gasteiger partial charge in [0.25, 0.3) is 0 Å². The average molecular weight is 284 g/mol. The van der Waals surface area contributed by atoms with Gasteiger partial charge in [-0.1, -0.05) is 30.3 Å². The predicted octanol–water partition coefficient (Wildman–Crippen LogP) is 3.17. The van der Waals surface area contributed by atoms with Crippen LogP contribution in [-0.4, -0.2) is 15.2 Å². The molecule has 3 aromatic rings. The summed E-state index contributed by atoms with van der Waals surface area (Å²) in [5.74, 6) is 1.47. The molecule has 3 N–H and O–H groups in total. The van der Waals surface area contributed by atoms with Gasteiger partial charge in [-0.05, 0) is 29.9 Å². The highest BCUT2D eigenvalue weighted by Crippen LogP contribution is 2.20. The molecule has 0 fully saturated rings. The minimum atomic E-state index is -0.116. The molecule has 1 aromatic carbocycles. The first kappa shape index (κ1) is 13.0. The van der Waals surface area contributed by atoms with Gasteiger partial charge in [0.2, 0.25) is 0 Å². The van der Waals surface area contributed by atoms with Crippen LogP contribution in [0.25, 0.3) is 11.4 Å². The van der Waals surface area contributed by atoms with Gasteiger partial charge in [-0.2, -0.15) is 16.4 Å². The molecule has 0 amide bonds. The zero-order chi connectivity index (χ0) is 13.8. The van der Waals surface area contributed by atoms with E-state index in [-0.39, 0.29) is 6.04 Å². The van der Waals surface area contributed by atoms with Crippen molar-refractivity contribution in [3.63, 3.8) is 0 Å². The van der Waals surface area contributed by atoms with Crippen LogP contribution in [0.1, 0.15) is 23.9 Å². The van der Waals surface area contributed by atoms with Crippen LogP contribution in [0.15, 0.2) is 47.2 Å². The van der Waals surface area contributed by atoms with Crippen molar-refractivity contribution in [1.29, 1.82) is 0 Å². The molecule has 20 heavy (non-hydrogen) atoms. The summed E-state index contributed by atoms with van der Waals surface area (Å²) >= 11 is 1.63. The average Bonchev–Trinajstić information content (AvgIpc) is 3.16. The Hall–Kier alpha value is -1.98. The van der Waals surface area contributed by atoms with Crippen LogP contribution in [0, 0.1) is 0 Å². The van der Waals surface area contributed by atoms with Crippen LogP contribution in [-0.2, 0) is 6.42 Å². The Bertz CT molecular complexity index is 646. The van der Waals surface area contributed by atoms with Crippen molar-refractivity contribution in [3.05, 3.63) is 58.5 Å². The van der Waals surface area contributed by atoms with Crippen LogP contribution >= 0.6 is 11.3 Å². The maximum absolute atomic E-state index is 6.18. The first-order valence-electron chi connectivity index (χ1n) is 6.57. The van der Waals surface area contributed by atoms with E-state index < -0.39 is 0 Å². The van der Waals surface area contributed by atoms with E-state index in [1.807, 2.05) is 35.0 Å². The van der Waals surface area contributed by atoms with Gasteiger partial charge in [-0.25, -0.2) is 4.98 Å². The second-order valence-corrected chi connectivity index (χ2v) is 5.47. The number of nitrogens with two attached hydrogens (primary N) is 1. The Kier molecular flexibility index (Phi) is 3.90. The number of aromatic amines is 1. The Balaban J connectivity index is 1.64. The fourth-order valence-electron chi connectivity index (χ4n) is 2.06. The molecule has 5 heteroatoms. The summed E-state index contributed by atoms with van der Waals surface area (Å²) in [6.45, 7) is 0. The molecule has 102 valence electrons. The van der Waals surface area contributed by atoms with Gasteiger partial charge in [-0.15, -0.1) is 0 Å². The molecule has 0 radical (unpaired) electrons. The van der Waals surface area contributed by atoms with E-state index >= 15 is 0 Å². The monoisotopic (exact) mass is 284 g/mol. The topological polar surface area (TPSA) is 67.6 Å². The van der Waals surface area contributed by atoms with Crippen molar-refractivity contribution < 1.29 is 0 Å². The van der Waals surface area contributed by atoms with E-state index in [1.165, 1.54) is 5.56 Å². The molecule has 0 spiro atoms. The highest BCUT2D eigenvalue weighted by molar-refractivity contribution is 7.08. The summed E-state index contributed by atoms with van der Waals surface area (Å²) in [4.78, 5) is 4.48. The molecule has 3 rings (SSSR count). The Morgan fingerprint density at radius 2 is 2.05 bits per heavy atom. The second-order valence-electron chi connectivity index (χ2n) is 4.69. The summed E-state index contributed by atoms with van der Waals surface area (Å²) in [7, 11) is 0. The van der Waals surface area contributed by atoms with Crippen LogP contribution in [0.4, 0.5) is 0 Å². The summed E-state index contributed by atoms with van der Waals surface area (Å²) in [5.41, 5.74) is 8.51. The number of hydrogen-bond donors (Lipinski definition) is 2. The lowest BCUT2D eigenvalue weighted by atomic mass is 10.1. The predicted molar refractivity (Wildman–Crippen MR) is 81.4 cm³/mol. The normalized spacial score (nSPS) is 12.4. The number of hydrogen-bond acceptors (Lipinski definition) is 4. The maximum atomic E-state index is 6.18. The molecule has 1 atom stereocenters. The zero-order valence-electron chi connectivity index (χ0n) is 11.0. The molecule has 0 aliphatic heterocycles. The summed E-state index contributed by atoms with van der Waals surface area (Å²) in [6.07, 6.45) is 1.79. The highest BCUT2D eigenvalue weighted by atomic mass is 32.1. The van der Waals surface area contributed by atoms with E-state index in [2.05, 4.69) is 27.3 Å². The van der Waals surface area contributed by atoms with Gasteiger partial charge in [0.15, 0.2) is 5.82 Å². The van der Waals surface area contributed by atoms with Gasteiger partial charge >= 0.3 is 0 Å². The quantitative estimate of drug-likeness (QED) is 0.756. The zero-order valence-corrected chi connectivity index (χ0v) is 11.8. The first-order valence-corrected chi connectivity index (χ1v) is 7.51. The van der Waals surface area contributed by atoms with Crippen LogP contribution < -0.4 is 5.73 Å². The fourth-order valence-corrected chi connectivity index (χ4v) is 2.70. The Morgan fingerprint density at radius 3 is 2.80 bits per heavy atom. The fraction of sp³-hybridized carbons (Fsp3) is 0.200. The molecule has 4 nitrogen and oxygen atoms in total. The van der Waals surface area contributed by atoms with E-state index in [1.54, 1.807) is 11.3 Å². The number of aryl methyl sites for hydroxylation is 1. The number of nitrogens with one attached hydrogen (secondary N) is 1. The smallest absolute Gasteiger partial charge is 0.182 e. The lowest BCUT2D eigenvalue weighted by Crippen LogP contribution is -2.13. The van der Waals surface area contributed by atoms with Crippen molar-refractivity contribution in [2.45, 2.75) is 18.9 Å². The third-order valence-electron chi connectivity index (χ3n) is 3.22. The number of nitrogens with zero attached hydrogens (tertiary/aromatic N) is 2. The Morgan fingerprint density at radius 1 is 1.20 bits per heavy atom. The van der Waals surface area contributed by atoms with E-state index in [9.17, 15) is 0 Å². The maximum Gasteiger partial charge on any atom is 0.182 e. The van der Waals surface area contributed by atoms with Crippen molar-refractivity contribution in [3.8, 4) is 11.4 Å². The summed E-state index contributed by atoms with van der Waals surface area (Å²) in [5, 5.41) is 11.2. The molecule has 0 saturated heterocycles. The number of H-pyrrole nitrogens is 1. The molecule has 0 aliphatic rings. The highest BCUT2D eigenvalue weighted by Gasteiger charge is 2.13. The third-order valence-corrected chi connectivity index (χ3v) is 3.90. The van der Waals surface area contributed by atoms with E-state index in [0.29, 0.717) is 0 Å². The SMILES string of the molecule is N[C@H](CCc1ccccc1)c1nc(-c2ccsc2)n[nH]1. The third kappa shape index (κ3) is 2.95. The van der Waals surface area contributed by atoms with Crippen molar-refractivity contribution in [1.82, 2.24) is 15.2 Å². The van der Waals surface area contributed by atoms with Gasteiger partial charge in [0, 0.05) is 10.9 Å². The van der Waals surface area contributed by atoms with Crippen molar-refractivity contribution >= 4 is 11.3 Å². The first-order chi connectivity index (χ1) is 9.83. The molecular weight excluding hydrogens is 268 g/mol. The van der Waals surface area contributed by atoms with Gasteiger partial charge < -0.3 is 5.73 Å². The lowest BCUT2D eigenvalue weighted by molar-refractivity contribution is 0.615. The van der Waals surface area contributed by atoms with E-state index in [0.717, 1.165) is 30.1 Å².